The Morgan fingerprint density at radius 1 is 1.17 bits per heavy atom. The molecule has 0 aliphatic carbocycles. The number of amides is 1. The second-order valence-electron chi connectivity index (χ2n) is 5.46. The normalized spacial score (nSPS) is 10.7. The van der Waals surface area contributed by atoms with E-state index in [2.05, 4.69) is 25.6 Å². The smallest absolute Gasteiger partial charge is 0.222 e. The molecule has 2 N–H and O–H groups in total. The molecule has 7 nitrogen and oxygen atoms in total. The largest absolute Gasteiger partial charge is 0.354 e. The lowest BCUT2D eigenvalue weighted by molar-refractivity contribution is -0.121. The number of fused-ring (bicyclic) bond motifs is 1. The molecule has 0 fully saturated rings. The first-order valence-corrected chi connectivity index (χ1v) is 7.92. The molecule has 124 valence electrons. The van der Waals surface area contributed by atoms with Crippen LogP contribution < -0.4 is 10.6 Å². The third-order valence-corrected chi connectivity index (χ3v) is 3.75. The standard InChI is InChI=1S/C17H20N6O/c1-23-14-7-3-2-6-13(14)22-15(23)12-21-16(24)8-4-9-18-17-19-10-5-11-20-17/h2-3,5-7,10-11H,4,8-9,12H2,1H3,(H,21,24)(H,18,19,20). The van der Waals surface area contributed by atoms with Crippen molar-refractivity contribution < 1.29 is 4.79 Å². The molecule has 0 unspecified atom stereocenters. The van der Waals surface area contributed by atoms with Crippen molar-refractivity contribution in [3.63, 3.8) is 0 Å². The zero-order valence-electron chi connectivity index (χ0n) is 13.6. The van der Waals surface area contributed by atoms with Gasteiger partial charge >= 0.3 is 0 Å². The Bertz CT molecular complexity index is 814. The van der Waals surface area contributed by atoms with Crippen LogP contribution in [0.5, 0.6) is 0 Å². The van der Waals surface area contributed by atoms with Gasteiger partial charge in [0.1, 0.15) is 5.82 Å². The van der Waals surface area contributed by atoms with Crippen LogP contribution in [-0.4, -0.2) is 32.0 Å². The molecular formula is C17H20N6O. The van der Waals surface area contributed by atoms with Gasteiger partial charge in [0.15, 0.2) is 0 Å². The Labute approximate surface area is 140 Å². The number of imidazole rings is 1. The third kappa shape index (κ3) is 3.87. The number of hydrogen-bond acceptors (Lipinski definition) is 5. The molecule has 1 aromatic carbocycles. The summed E-state index contributed by atoms with van der Waals surface area (Å²) >= 11 is 0. The van der Waals surface area contributed by atoms with E-state index in [1.54, 1.807) is 18.5 Å². The highest BCUT2D eigenvalue weighted by molar-refractivity contribution is 5.77. The van der Waals surface area contributed by atoms with Gasteiger partial charge in [-0.1, -0.05) is 12.1 Å². The molecule has 0 saturated heterocycles. The van der Waals surface area contributed by atoms with Crippen LogP contribution >= 0.6 is 0 Å². The van der Waals surface area contributed by atoms with Crippen LogP contribution in [0.3, 0.4) is 0 Å². The zero-order valence-corrected chi connectivity index (χ0v) is 13.6. The third-order valence-electron chi connectivity index (χ3n) is 3.75. The molecule has 2 aromatic heterocycles. The highest BCUT2D eigenvalue weighted by atomic mass is 16.1. The van der Waals surface area contributed by atoms with Gasteiger partial charge in [-0.2, -0.15) is 0 Å². The lowest BCUT2D eigenvalue weighted by Crippen LogP contribution is -2.24. The molecule has 0 aliphatic heterocycles. The number of aromatic nitrogens is 4. The number of nitrogens with zero attached hydrogens (tertiary/aromatic N) is 4. The summed E-state index contributed by atoms with van der Waals surface area (Å²) in [5.74, 6) is 1.44. The second-order valence-corrected chi connectivity index (χ2v) is 5.46. The Kier molecular flexibility index (Phi) is 5.00. The number of rotatable bonds is 7. The fourth-order valence-corrected chi connectivity index (χ4v) is 2.46. The molecule has 24 heavy (non-hydrogen) atoms. The van der Waals surface area contributed by atoms with E-state index in [1.165, 1.54) is 0 Å². The lowest BCUT2D eigenvalue weighted by atomic mass is 10.3. The molecule has 0 atom stereocenters. The highest BCUT2D eigenvalue weighted by Crippen LogP contribution is 2.13. The molecule has 3 aromatic rings. The average molecular weight is 324 g/mol. The van der Waals surface area contributed by atoms with Gasteiger partial charge in [-0.3, -0.25) is 4.79 Å². The Morgan fingerprint density at radius 3 is 2.75 bits per heavy atom. The number of para-hydroxylation sites is 2. The summed E-state index contributed by atoms with van der Waals surface area (Å²) in [6.07, 6.45) is 4.52. The van der Waals surface area contributed by atoms with E-state index in [0.717, 1.165) is 16.9 Å². The van der Waals surface area contributed by atoms with Crippen molar-refractivity contribution in [1.82, 2.24) is 24.8 Å². The fraction of sp³-hybridized carbons (Fsp3) is 0.294. The minimum Gasteiger partial charge on any atom is -0.354 e. The van der Waals surface area contributed by atoms with E-state index in [1.807, 2.05) is 35.9 Å². The van der Waals surface area contributed by atoms with Gasteiger partial charge in [0, 0.05) is 32.4 Å². The summed E-state index contributed by atoms with van der Waals surface area (Å²) in [7, 11) is 1.96. The first-order chi connectivity index (χ1) is 11.7. The summed E-state index contributed by atoms with van der Waals surface area (Å²) in [5.41, 5.74) is 2.00. The second kappa shape index (κ2) is 7.54. The topological polar surface area (TPSA) is 84.7 Å². The Morgan fingerprint density at radius 2 is 1.96 bits per heavy atom. The maximum atomic E-state index is 11.9. The minimum atomic E-state index is 0.0119. The quantitative estimate of drug-likeness (QED) is 0.648. The predicted molar refractivity (Wildman–Crippen MR) is 92.3 cm³/mol. The molecule has 0 radical (unpaired) electrons. The maximum Gasteiger partial charge on any atom is 0.222 e. The first kappa shape index (κ1) is 15.9. The van der Waals surface area contributed by atoms with Crippen LogP contribution in [0.15, 0.2) is 42.7 Å². The van der Waals surface area contributed by atoms with E-state index in [4.69, 9.17) is 0 Å². The molecule has 7 heteroatoms. The van der Waals surface area contributed by atoms with Gasteiger partial charge in [0.05, 0.1) is 17.6 Å². The van der Waals surface area contributed by atoms with Gasteiger partial charge in [-0.25, -0.2) is 15.0 Å². The van der Waals surface area contributed by atoms with Crippen molar-refractivity contribution >= 4 is 22.9 Å². The van der Waals surface area contributed by atoms with Crippen molar-refractivity contribution in [3.05, 3.63) is 48.5 Å². The number of hydrogen-bond donors (Lipinski definition) is 2. The lowest BCUT2D eigenvalue weighted by Gasteiger charge is -2.06. The van der Waals surface area contributed by atoms with E-state index < -0.39 is 0 Å². The monoisotopic (exact) mass is 324 g/mol. The summed E-state index contributed by atoms with van der Waals surface area (Å²) in [4.78, 5) is 24.6. The van der Waals surface area contributed by atoms with Crippen LogP contribution in [0.25, 0.3) is 11.0 Å². The van der Waals surface area contributed by atoms with E-state index in [9.17, 15) is 4.79 Å². The van der Waals surface area contributed by atoms with Crippen molar-refractivity contribution in [2.45, 2.75) is 19.4 Å². The van der Waals surface area contributed by atoms with Gasteiger partial charge in [-0.15, -0.1) is 0 Å². The van der Waals surface area contributed by atoms with E-state index in [-0.39, 0.29) is 5.91 Å². The summed E-state index contributed by atoms with van der Waals surface area (Å²) in [6, 6.07) is 9.69. The zero-order chi connectivity index (χ0) is 16.8. The average Bonchev–Trinajstić information content (AvgIpc) is 2.94. The van der Waals surface area contributed by atoms with Crippen molar-refractivity contribution in [2.24, 2.45) is 7.05 Å². The van der Waals surface area contributed by atoms with Crippen molar-refractivity contribution in [1.29, 1.82) is 0 Å². The summed E-state index contributed by atoms with van der Waals surface area (Å²) in [6.45, 7) is 1.09. The molecule has 0 bridgehead atoms. The number of nitrogens with one attached hydrogen (secondary N) is 2. The molecule has 0 aliphatic rings. The molecule has 2 heterocycles. The van der Waals surface area contributed by atoms with Crippen LogP contribution in [0.1, 0.15) is 18.7 Å². The van der Waals surface area contributed by atoms with Crippen molar-refractivity contribution in [2.75, 3.05) is 11.9 Å². The van der Waals surface area contributed by atoms with Crippen LogP contribution in [0, 0.1) is 0 Å². The minimum absolute atomic E-state index is 0.0119. The van der Waals surface area contributed by atoms with Gasteiger partial charge in [0.2, 0.25) is 11.9 Å². The summed E-state index contributed by atoms with van der Waals surface area (Å²) in [5, 5.41) is 6.00. The number of benzene rings is 1. The number of aryl methyl sites for hydroxylation is 1. The fourth-order valence-electron chi connectivity index (χ4n) is 2.46. The molecule has 3 rings (SSSR count). The number of carbonyl (C=O) groups excluding carboxylic acids is 1. The molecule has 0 saturated carbocycles. The van der Waals surface area contributed by atoms with Crippen LogP contribution in [-0.2, 0) is 18.4 Å². The van der Waals surface area contributed by atoms with E-state index >= 15 is 0 Å². The molecule has 1 amide bonds. The number of anilines is 1. The van der Waals surface area contributed by atoms with E-state index in [0.29, 0.717) is 31.9 Å². The highest BCUT2D eigenvalue weighted by Gasteiger charge is 2.08. The Balaban J connectivity index is 1.43. The van der Waals surface area contributed by atoms with Crippen LogP contribution in [0.4, 0.5) is 5.95 Å². The maximum absolute atomic E-state index is 11.9. The van der Waals surface area contributed by atoms with Gasteiger partial charge < -0.3 is 15.2 Å². The van der Waals surface area contributed by atoms with Gasteiger partial charge in [-0.05, 0) is 24.6 Å². The Hall–Kier alpha value is -2.96. The SMILES string of the molecule is Cn1c(CNC(=O)CCCNc2ncccn2)nc2ccccc21. The van der Waals surface area contributed by atoms with Gasteiger partial charge in [0.25, 0.3) is 0 Å². The first-order valence-electron chi connectivity index (χ1n) is 7.92. The van der Waals surface area contributed by atoms with Crippen molar-refractivity contribution in [3.8, 4) is 0 Å². The summed E-state index contributed by atoms with van der Waals surface area (Å²) < 4.78 is 2.00. The van der Waals surface area contributed by atoms with Crippen LogP contribution in [0.2, 0.25) is 0 Å². The molecule has 0 spiro atoms. The number of carbonyl (C=O) groups is 1. The molecular weight excluding hydrogens is 304 g/mol. The predicted octanol–water partition coefficient (Wildman–Crippen LogP) is 1.87.